The molecule has 0 amide bonds. The lowest BCUT2D eigenvalue weighted by molar-refractivity contribution is 1.12. The molecule has 0 spiro atoms. The second kappa shape index (κ2) is 18.7. The molecular weight excluding hydrogens is 1060 g/mol. The van der Waals surface area contributed by atoms with E-state index in [1.807, 2.05) is 30.3 Å². The van der Waals surface area contributed by atoms with Crippen molar-refractivity contribution in [3.8, 4) is 62.8 Å². The van der Waals surface area contributed by atoms with Crippen molar-refractivity contribution in [3.05, 3.63) is 296 Å². The van der Waals surface area contributed by atoms with E-state index in [1.165, 1.54) is 0 Å². The molecule has 13 aromatic carbocycles. The van der Waals surface area contributed by atoms with Gasteiger partial charge in [0.05, 0.1) is 78.2 Å². The molecular formula is C80H47N7. The van der Waals surface area contributed by atoms with E-state index in [9.17, 15) is 10.5 Å². The van der Waals surface area contributed by atoms with Crippen LogP contribution in [0.4, 0.5) is 0 Å². The van der Waals surface area contributed by atoms with Gasteiger partial charge in [-0.2, -0.15) is 10.5 Å². The maximum Gasteiger partial charge on any atom is 0.104 e. The predicted octanol–water partition coefficient (Wildman–Crippen LogP) is 20.2. The number of nitrogens with zero attached hydrogens (tertiary/aromatic N) is 7. The van der Waals surface area contributed by atoms with Crippen LogP contribution in [0.5, 0.6) is 0 Å². The maximum absolute atomic E-state index is 12.5. The Bertz CT molecular complexity index is 5930. The average Bonchev–Trinajstić information content (AvgIpc) is 1.53. The fourth-order valence-electron chi connectivity index (χ4n) is 14.6. The van der Waals surface area contributed by atoms with Crippen molar-refractivity contribution in [2.45, 2.75) is 0 Å². The van der Waals surface area contributed by atoms with Crippen LogP contribution in [0.3, 0.4) is 0 Å². The van der Waals surface area contributed by atoms with Crippen LogP contribution >= 0.6 is 0 Å². The van der Waals surface area contributed by atoms with Crippen LogP contribution in [0.15, 0.2) is 285 Å². The van der Waals surface area contributed by atoms with E-state index in [4.69, 9.17) is 0 Å². The Morgan fingerprint density at radius 1 is 0.230 bits per heavy atom. The van der Waals surface area contributed by atoms with Gasteiger partial charge in [-0.25, -0.2) is 0 Å². The molecule has 0 atom stereocenters. The summed E-state index contributed by atoms with van der Waals surface area (Å²) >= 11 is 0. The van der Waals surface area contributed by atoms with Gasteiger partial charge in [-0.3, -0.25) is 0 Å². The van der Waals surface area contributed by atoms with Gasteiger partial charge in [-0.1, -0.05) is 182 Å². The second-order valence-electron chi connectivity index (χ2n) is 22.6. The van der Waals surface area contributed by atoms with E-state index in [2.05, 4.69) is 290 Å². The molecule has 5 aromatic heterocycles. The first-order valence-corrected chi connectivity index (χ1v) is 29.4. The molecule has 0 aliphatic carbocycles. The molecule has 18 rings (SSSR count). The summed E-state index contributed by atoms with van der Waals surface area (Å²) in [4.78, 5) is 0. The van der Waals surface area contributed by atoms with Crippen molar-refractivity contribution in [2.75, 3.05) is 0 Å². The van der Waals surface area contributed by atoms with Gasteiger partial charge in [0.2, 0.25) is 0 Å². The summed E-state index contributed by atoms with van der Waals surface area (Å²) in [7, 11) is 0. The highest BCUT2D eigenvalue weighted by Gasteiger charge is 2.31. The largest absolute Gasteiger partial charge is 0.309 e. The Labute approximate surface area is 498 Å². The third kappa shape index (κ3) is 6.85. The number of aromatic nitrogens is 5. The molecule has 0 bridgehead atoms. The summed E-state index contributed by atoms with van der Waals surface area (Å²) in [5, 5.41) is 34.5. The quantitative estimate of drug-likeness (QED) is 0.160. The van der Waals surface area contributed by atoms with Crippen molar-refractivity contribution in [2.24, 2.45) is 0 Å². The molecule has 7 heteroatoms. The summed E-state index contributed by atoms with van der Waals surface area (Å²) in [6.45, 7) is 0. The van der Waals surface area contributed by atoms with Gasteiger partial charge in [0.25, 0.3) is 0 Å². The molecule has 0 radical (unpaired) electrons. The SMILES string of the molecule is N#Cc1cc(-c2ccccc2)cc(-c2cc(-n3c4ccccc4c4c3ccc3c5ccccc5n(-c5ccccc5)c34)c(C#N)c(-n3c4ccccc4c4c5c(c6ccccc6n5-c5ccccc5)c5c(c6ccccc6n5-c5ccccc5)c43)c2)c1. The molecule has 0 unspecified atom stereocenters. The van der Waals surface area contributed by atoms with E-state index in [-0.39, 0.29) is 0 Å². The van der Waals surface area contributed by atoms with Gasteiger partial charge < -0.3 is 22.8 Å². The van der Waals surface area contributed by atoms with Crippen molar-refractivity contribution in [1.29, 1.82) is 10.5 Å². The monoisotopic (exact) mass is 1110 g/mol. The molecule has 0 saturated carbocycles. The van der Waals surface area contributed by atoms with Crippen molar-refractivity contribution < 1.29 is 0 Å². The number of hydrogen-bond donors (Lipinski definition) is 0. The topological polar surface area (TPSA) is 72.2 Å². The molecule has 0 aliphatic rings. The van der Waals surface area contributed by atoms with Gasteiger partial charge in [-0.15, -0.1) is 0 Å². The summed E-state index contributed by atoms with van der Waals surface area (Å²) in [5.74, 6) is 0. The highest BCUT2D eigenvalue weighted by atomic mass is 15.1. The Kier molecular flexibility index (Phi) is 10.4. The minimum absolute atomic E-state index is 0.496. The smallest absolute Gasteiger partial charge is 0.104 e. The zero-order chi connectivity index (χ0) is 57.4. The molecule has 5 heterocycles. The van der Waals surface area contributed by atoms with Crippen LogP contribution < -0.4 is 0 Å². The number of rotatable bonds is 7. The molecule has 0 fully saturated rings. The summed E-state index contributed by atoms with van der Waals surface area (Å²) in [6, 6.07) is 107. The van der Waals surface area contributed by atoms with Crippen LogP contribution in [0.2, 0.25) is 0 Å². The minimum atomic E-state index is 0.496. The van der Waals surface area contributed by atoms with Crippen molar-refractivity contribution >= 4 is 109 Å². The first kappa shape index (κ1) is 48.4. The fourth-order valence-corrected chi connectivity index (χ4v) is 14.6. The lowest BCUT2D eigenvalue weighted by Gasteiger charge is -2.19. The van der Waals surface area contributed by atoms with Crippen molar-refractivity contribution in [3.63, 3.8) is 0 Å². The van der Waals surface area contributed by atoms with Gasteiger partial charge in [0, 0.05) is 70.9 Å². The summed E-state index contributed by atoms with van der Waals surface area (Å²) < 4.78 is 12.0. The Morgan fingerprint density at radius 2 is 0.586 bits per heavy atom. The molecule has 0 saturated heterocycles. The van der Waals surface area contributed by atoms with Crippen LogP contribution in [-0.4, -0.2) is 22.8 Å². The molecule has 0 aliphatic heterocycles. The van der Waals surface area contributed by atoms with Crippen LogP contribution in [0.25, 0.3) is 160 Å². The highest BCUT2D eigenvalue weighted by molar-refractivity contribution is 6.40. The minimum Gasteiger partial charge on any atom is -0.309 e. The lowest BCUT2D eigenvalue weighted by Crippen LogP contribution is -2.06. The van der Waals surface area contributed by atoms with E-state index in [0.717, 1.165) is 154 Å². The van der Waals surface area contributed by atoms with Gasteiger partial charge in [0.1, 0.15) is 11.6 Å². The Balaban J connectivity index is 1.07. The zero-order valence-corrected chi connectivity index (χ0v) is 46.8. The second-order valence-corrected chi connectivity index (χ2v) is 22.6. The molecule has 7 nitrogen and oxygen atoms in total. The standard InChI is InChI=1S/C80H47N7/c81-48-50-43-52(51-23-5-1-6-24-51)45-53(44-50)54-46-71(86-68-39-21-14-32-60(68)73-70(86)42-41-59-58-31-13-18-36-65(58)83(77(59)73)55-25-7-2-8-26-55)64(49-82)72(47-54)87-69-40-22-17-35-63(69)76-79-74(61-33-15-19-37-66(61)84(79)56-27-9-3-10-28-56)78-75(80(76)87)62-34-16-20-38-67(62)85(78)57-29-11-4-12-30-57/h1-47H. The van der Waals surface area contributed by atoms with E-state index in [0.29, 0.717) is 16.8 Å². The number of benzene rings is 13. The third-order valence-electron chi connectivity index (χ3n) is 18.0. The Morgan fingerprint density at radius 3 is 1.07 bits per heavy atom. The first-order valence-electron chi connectivity index (χ1n) is 29.4. The molecule has 87 heavy (non-hydrogen) atoms. The number of para-hydroxylation sites is 8. The van der Waals surface area contributed by atoms with Crippen LogP contribution in [-0.2, 0) is 0 Å². The maximum atomic E-state index is 12.5. The van der Waals surface area contributed by atoms with Gasteiger partial charge in [0.15, 0.2) is 0 Å². The van der Waals surface area contributed by atoms with E-state index in [1.54, 1.807) is 0 Å². The third-order valence-corrected chi connectivity index (χ3v) is 18.0. The zero-order valence-electron chi connectivity index (χ0n) is 46.8. The van der Waals surface area contributed by atoms with Gasteiger partial charge >= 0.3 is 0 Å². The number of fused-ring (bicyclic) bond motifs is 19. The highest BCUT2D eigenvalue weighted by Crippen LogP contribution is 2.52. The number of nitriles is 2. The van der Waals surface area contributed by atoms with Crippen LogP contribution in [0.1, 0.15) is 11.1 Å². The fraction of sp³-hybridized carbons (Fsp3) is 0. The van der Waals surface area contributed by atoms with Crippen molar-refractivity contribution in [1.82, 2.24) is 22.8 Å². The number of hydrogen-bond acceptors (Lipinski definition) is 2. The first-order chi connectivity index (χ1) is 43.1. The predicted molar refractivity (Wildman–Crippen MR) is 358 cm³/mol. The molecule has 402 valence electrons. The summed E-state index contributed by atoms with van der Waals surface area (Å²) in [6.07, 6.45) is 0. The lowest BCUT2D eigenvalue weighted by atomic mass is 9.94. The summed E-state index contributed by atoms with van der Waals surface area (Å²) in [5.41, 5.74) is 19.6. The average molecular weight is 1110 g/mol. The van der Waals surface area contributed by atoms with Crippen LogP contribution in [0, 0.1) is 22.7 Å². The van der Waals surface area contributed by atoms with E-state index >= 15 is 0 Å². The Hall–Kier alpha value is -12.2. The van der Waals surface area contributed by atoms with E-state index < -0.39 is 0 Å². The molecule has 18 aromatic rings. The normalized spacial score (nSPS) is 11.9. The van der Waals surface area contributed by atoms with Gasteiger partial charge in [-0.05, 0) is 125 Å². The molecule has 0 N–H and O–H groups in total.